The van der Waals surface area contributed by atoms with Crippen molar-refractivity contribution in [2.75, 3.05) is 43.1 Å². The van der Waals surface area contributed by atoms with Crippen LogP contribution in [0, 0.1) is 0 Å². The van der Waals surface area contributed by atoms with Gasteiger partial charge in [0.1, 0.15) is 5.75 Å². The molecule has 0 amide bonds. The number of halogens is 1. The summed E-state index contributed by atoms with van der Waals surface area (Å²) < 4.78 is 6.19. The van der Waals surface area contributed by atoms with Crippen molar-refractivity contribution in [1.29, 1.82) is 0 Å². The Labute approximate surface area is 132 Å². The maximum absolute atomic E-state index is 5.29. The minimum Gasteiger partial charge on any atom is -0.497 e. The molecule has 6 heteroatoms. The molecule has 2 heterocycles. The van der Waals surface area contributed by atoms with Crippen molar-refractivity contribution in [2.24, 2.45) is 0 Å². The summed E-state index contributed by atoms with van der Waals surface area (Å²) in [6.07, 6.45) is 3.58. The van der Waals surface area contributed by atoms with Crippen LogP contribution in [0.4, 0.5) is 11.6 Å². The van der Waals surface area contributed by atoms with E-state index in [9.17, 15) is 0 Å². The number of hydrogen-bond acceptors (Lipinski definition) is 5. The molecule has 1 saturated heterocycles. The lowest BCUT2D eigenvalue weighted by Crippen LogP contribution is -2.47. The van der Waals surface area contributed by atoms with Gasteiger partial charge in [0.2, 0.25) is 5.95 Å². The molecule has 2 aromatic rings. The number of methoxy groups -OCH3 is 1. The van der Waals surface area contributed by atoms with Crippen molar-refractivity contribution < 1.29 is 4.74 Å². The summed E-state index contributed by atoms with van der Waals surface area (Å²) in [5, 5.41) is 0. The first-order valence-electron chi connectivity index (χ1n) is 6.88. The molecule has 0 spiro atoms. The number of piperazine rings is 1. The number of rotatable bonds is 3. The zero-order valence-electron chi connectivity index (χ0n) is 11.9. The largest absolute Gasteiger partial charge is 0.497 e. The molecule has 1 aliphatic rings. The monoisotopic (exact) mass is 348 g/mol. The van der Waals surface area contributed by atoms with E-state index >= 15 is 0 Å². The molecule has 110 valence electrons. The summed E-state index contributed by atoms with van der Waals surface area (Å²) in [4.78, 5) is 13.3. The first kappa shape index (κ1) is 14.1. The van der Waals surface area contributed by atoms with E-state index in [2.05, 4.69) is 47.8 Å². The highest BCUT2D eigenvalue weighted by Crippen LogP contribution is 2.23. The van der Waals surface area contributed by atoms with Gasteiger partial charge in [-0.3, -0.25) is 0 Å². The Morgan fingerprint density at radius 1 is 1.05 bits per heavy atom. The Kier molecular flexibility index (Phi) is 4.24. The van der Waals surface area contributed by atoms with E-state index in [1.165, 1.54) is 5.69 Å². The molecule has 1 aromatic heterocycles. The van der Waals surface area contributed by atoms with E-state index in [1.54, 1.807) is 19.5 Å². The fourth-order valence-corrected chi connectivity index (χ4v) is 2.65. The van der Waals surface area contributed by atoms with Crippen LogP contribution in [0.5, 0.6) is 5.75 Å². The number of aromatic nitrogens is 2. The third-order valence-corrected chi connectivity index (χ3v) is 4.00. The van der Waals surface area contributed by atoms with Gasteiger partial charge in [-0.2, -0.15) is 0 Å². The van der Waals surface area contributed by atoms with E-state index in [0.717, 1.165) is 42.3 Å². The van der Waals surface area contributed by atoms with Crippen LogP contribution < -0.4 is 14.5 Å². The van der Waals surface area contributed by atoms with Crippen molar-refractivity contribution in [2.45, 2.75) is 0 Å². The molecule has 0 bridgehead atoms. The van der Waals surface area contributed by atoms with E-state index in [-0.39, 0.29) is 0 Å². The van der Waals surface area contributed by atoms with Crippen LogP contribution >= 0.6 is 15.9 Å². The smallest absolute Gasteiger partial charge is 0.225 e. The normalized spacial score (nSPS) is 15.1. The second kappa shape index (κ2) is 6.30. The van der Waals surface area contributed by atoms with Gasteiger partial charge in [0.15, 0.2) is 0 Å². The van der Waals surface area contributed by atoms with Crippen LogP contribution in [-0.4, -0.2) is 43.3 Å². The topological polar surface area (TPSA) is 41.5 Å². The highest BCUT2D eigenvalue weighted by Gasteiger charge is 2.19. The lowest BCUT2D eigenvalue weighted by molar-refractivity contribution is 0.414. The highest BCUT2D eigenvalue weighted by atomic mass is 79.9. The molecule has 0 unspecified atom stereocenters. The number of anilines is 2. The molecule has 0 saturated carbocycles. The van der Waals surface area contributed by atoms with E-state index < -0.39 is 0 Å². The molecule has 0 radical (unpaired) electrons. The average molecular weight is 349 g/mol. The zero-order chi connectivity index (χ0) is 14.7. The summed E-state index contributed by atoms with van der Waals surface area (Å²) in [5.41, 5.74) is 1.20. The second-order valence-corrected chi connectivity index (χ2v) is 5.79. The van der Waals surface area contributed by atoms with Crippen molar-refractivity contribution >= 4 is 27.6 Å². The second-order valence-electron chi connectivity index (χ2n) is 4.88. The number of benzene rings is 1. The molecular weight excluding hydrogens is 332 g/mol. The van der Waals surface area contributed by atoms with Gasteiger partial charge < -0.3 is 14.5 Å². The van der Waals surface area contributed by atoms with Gasteiger partial charge in [0.05, 0.1) is 11.6 Å². The summed E-state index contributed by atoms with van der Waals surface area (Å²) in [6.45, 7) is 3.73. The minimum absolute atomic E-state index is 0.795. The molecule has 21 heavy (non-hydrogen) atoms. The molecule has 1 aliphatic heterocycles. The van der Waals surface area contributed by atoms with Gasteiger partial charge in [-0.05, 0) is 28.1 Å². The van der Waals surface area contributed by atoms with Crippen molar-refractivity contribution in [1.82, 2.24) is 9.97 Å². The Balaban J connectivity index is 1.65. The number of ether oxygens (including phenoxy) is 1. The third kappa shape index (κ3) is 3.26. The van der Waals surface area contributed by atoms with Gasteiger partial charge in [-0.1, -0.05) is 6.07 Å². The van der Waals surface area contributed by atoms with Crippen LogP contribution in [0.1, 0.15) is 0 Å². The Bertz CT molecular complexity index is 597. The first-order valence-corrected chi connectivity index (χ1v) is 7.67. The molecular formula is C15H17BrN4O. The molecule has 1 fully saturated rings. The fraction of sp³-hybridized carbons (Fsp3) is 0.333. The SMILES string of the molecule is COc1cccc(N2CCN(c3ncc(Br)cn3)CC2)c1. The number of hydrogen-bond donors (Lipinski definition) is 0. The van der Waals surface area contributed by atoms with Crippen LogP contribution in [-0.2, 0) is 0 Å². The van der Waals surface area contributed by atoms with Crippen molar-refractivity contribution in [3.8, 4) is 5.75 Å². The molecule has 1 aromatic carbocycles. The van der Waals surface area contributed by atoms with Crippen LogP contribution in [0.15, 0.2) is 41.1 Å². The Hall–Kier alpha value is -1.82. The maximum Gasteiger partial charge on any atom is 0.225 e. The van der Waals surface area contributed by atoms with Gasteiger partial charge in [0, 0.05) is 50.3 Å². The maximum atomic E-state index is 5.29. The molecule has 0 aliphatic carbocycles. The van der Waals surface area contributed by atoms with E-state index in [0.29, 0.717) is 0 Å². The van der Waals surface area contributed by atoms with Crippen LogP contribution in [0.25, 0.3) is 0 Å². The summed E-state index contributed by atoms with van der Waals surface area (Å²) in [7, 11) is 1.70. The number of nitrogens with zero attached hydrogens (tertiary/aromatic N) is 4. The predicted octanol–water partition coefficient (Wildman–Crippen LogP) is 2.57. The highest BCUT2D eigenvalue weighted by molar-refractivity contribution is 9.10. The Morgan fingerprint density at radius 2 is 1.71 bits per heavy atom. The molecule has 3 rings (SSSR count). The first-order chi connectivity index (χ1) is 10.3. The predicted molar refractivity (Wildman–Crippen MR) is 87.2 cm³/mol. The standard InChI is InChI=1S/C15H17BrN4O/c1-21-14-4-2-3-13(9-14)19-5-7-20(8-6-19)15-17-10-12(16)11-18-15/h2-4,9-11H,5-8H2,1H3. The molecule has 0 N–H and O–H groups in total. The lowest BCUT2D eigenvalue weighted by atomic mass is 10.2. The molecule has 5 nitrogen and oxygen atoms in total. The average Bonchev–Trinajstić information content (AvgIpc) is 2.56. The fourth-order valence-electron chi connectivity index (χ4n) is 2.44. The zero-order valence-corrected chi connectivity index (χ0v) is 13.5. The van der Waals surface area contributed by atoms with Gasteiger partial charge in [0.25, 0.3) is 0 Å². The molecule has 0 atom stereocenters. The minimum atomic E-state index is 0.795. The van der Waals surface area contributed by atoms with Crippen molar-refractivity contribution in [3.05, 3.63) is 41.1 Å². The summed E-state index contributed by atoms with van der Waals surface area (Å²) in [5.74, 6) is 1.69. The lowest BCUT2D eigenvalue weighted by Gasteiger charge is -2.36. The quantitative estimate of drug-likeness (QED) is 0.852. The van der Waals surface area contributed by atoms with E-state index in [4.69, 9.17) is 4.74 Å². The summed E-state index contributed by atoms with van der Waals surface area (Å²) in [6, 6.07) is 8.19. The van der Waals surface area contributed by atoms with Crippen LogP contribution in [0.2, 0.25) is 0 Å². The third-order valence-electron chi connectivity index (χ3n) is 3.59. The van der Waals surface area contributed by atoms with Crippen molar-refractivity contribution in [3.63, 3.8) is 0 Å². The van der Waals surface area contributed by atoms with Crippen LogP contribution in [0.3, 0.4) is 0 Å². The van der Waals surface area contributed by atoms with E-state index in [1.807, 2.05) is 12.1 Å². The summed E-state index contributed by atoms with van der Waals surface area (Å²) >= 11 is 3.36. The van der Waals surface area contributed by atoms with Gasteiger partial charge >= 0.3 is 0 Å². The van der Waals surface area contributed by atoms with Gasteiger partial charge in [-0.25, -0.2) is 9.97 Å². The van der Waals surface area contributed by atoms with Gasteiger partial charge in [-0.15, -0.1) is 0 Å². The Morgan fingerprint density at radius 3 is 2.38 bits per heavy atom.